The molecule has 0 aromatic rings. The summed E-state index contributed by atoms with van der Waals surface area (Å²) in [6.07, 6.45) is 7.58. The Bertz CT molecular complexity index is 1330. The van der Waals surface area contributed by atoms with Crippen molar-refractivity contribution in [3.05, 3.63) is 0 Å². The van der Waals surface area contributed by atoms with E-state index in [0.717, 1.165) is 64.2 Å². The molecule has 0 aromatic carbocycles. The van der Waals surface area contributed by atoms with Crippen LogP contribution in [0.1, 0.15) is 126 Å². The smallest absolute Gasteiger partial charge is 0.407 e. The zero-order valence-corrected chi connectivity index (χ0v) is 33.2. The predicted molar refractivity (Wildman–Crippen MR) is 199 cm³/mol. The number of nitrogens with zero attached hydrogens (tertiary/aromatic N) is 1. The number of fused-ring (bicyclic) bond motifs is 1. The number of amides is 5. The number of aliphatic hydroxyl groups is 1. The highest BCUT2D eigenvalue weighted by molar-refractivity contribution is 6.38. The third-order valence-electron chi connectivity index (χ3n) is 11.6. The van der Waals surface area contributed by atoms with Crippen LogP contribution in [0.5, 0.6) is 0 Å². The van der Waals surface area contributed by atoms with Gasteiger partial charge in [-0.2, -0.15) is 0 Å². The van der Waals surface area contributed by atoms with Gasteiger partial charge in [-0.1, -0.05) is 80.6 Å². The quantitative estimate of drug-likeness (QED) is 0.108. The molecule has 3 saturated carbocycles. The molecule has 1 saturated heterocycles. The molecule has 4 fully saturated rings. The summed E-state index contributed by atoms with van der Waals surface area (Å²) >= 11 is 0. The SMILES string of the molecule is CCC[C@H](NC(O)[C@@H]1[C@H]2CCC[C@H]2CN1C(=O)[C@@H](NC(=O)[C@@H](NC(=O)[C@H](NC(=O)OC)C(C)(C)C)C1CCCCC1)C(C)(C)C)C(=O)C(=O)NC1CC1. The van der Waals surface area contributed by atoms with E-state index in [2.05, 4.69) is 26.6 Å². The Hall–Kier alpha value is -3.26. The van der Waals surface area contributed by atoms with Crippen molar-refractivity contribution in [3.8, 4) is 0 Å². The Balaban J connectivity index is 1.58. The molecular weight excluding hydrogens is 680 g/mol. The number of ketones is 1. The number of aliphatic hydroxyl groups excluding tert-OH is 1. The maximum absolute atomic E-state index is 14.8. The fraction of sp³-hybridized carbons (Fsp3) is 0.846. The minimum Gasteiger partial charge on any atom is -0.453 e. The summed E-state index contributed by atoms with van der Waals surface area (Å²) in [4.78, 5) is 82.8. The second kappa shape index (κ2) is 17.9. The summed E-state index contributed by atoms with van der Waals surface area (Å²) in [5.74, 6) is -2.65. The highest BCUT2D eigenvalue weighted by Gasteiger charge is 2.52. The highest BCUT2D eigenvalue weighted by Crippen LogP contribution is 2.44. The van der Waals surface area contributed by atoms with Gasteiger partial charge >= 0.3 is 6.09 Å². The van der Waals surface area contributed by atoms with Gasteiger partial charge in [0.25, 0.3) is 5.91 Å². The van der Waals surface area contributed by atoms with E-state index in [-0.39, 0.29) is 29.7 Å². The van der Waals surface area contributed by atoms with Gasteiger partial charge in [0.1, 0.15) is 24.4 Å². The van der Waals surface area contributed by atoms with E-state index < -0.39 is 76.9 Å². The molecule has 1 unspecified atom stereocenters. The molecule has 1 heterocycles. The summed E-state index contributed by atoms with van der Waals surface area (Å²) in [5.41, 5.74) is -1.45. The molecule has 5 amide bonds. The molecule has 4 aliphatic rings. The molecule has 3 aliphatic carbocycles. The van der Waals surface area contributed by atoms with Crippen molar-refractivity contribution in [3.63, 3.8) is 0 Å². The van der Waals surface area contributed by atoms with Crippen LogP contribution in [0.3, 0.4) is 0 Å². The van der Waals surface area contributed by atoms with Crippen molar-refractivity contribution in [2.45, 2.75) is 168 Å². The Morgan fingerprint density at radius 2 is 1.43 bits per heavy atom. The van der Waals surface area contributed by atoms with E-state index in [1.165, 1.54) is 7.11 Å². The maximum atomic E-state index is 14.8. The molecule has 1 aliphatic heterocycles. The average Bonchev–Trinajstić information content (AvgIpc) is 3.66. The third-order valence-corrected chi connectivity index (χ3v) is 11.6. The Labute approximate surface area is 315 Å². The zero-order chi connectivity index (χ0) is 39.2. The number of carbonyl (C=O) groups excluding carboxylic acids is 6. The van der Waals surface area contributed by atoms with Crippen molar-refractivity contribution in [1.29, 1.82) is 0 Å². The van der Waals surface area contributed by atoms with Gasteiger partial charge in [-0.05, 0) is 73.5 Å². The van der Waals surface area contributed by atoms with Gasteiger partial charge in [0.2, 0.25) is 23.5 Å². The summed E-state index contributed by atoms with van der Waals surface area (Å²) in [6.45, 7) is 13.4. The molecular formula is C39H66N6O8. The maximum Gasteiger partial charge on any atom is 0.407 e. The van der Waals surface area contributed by atoms with Crippen LogP contribution in [-0.2, 0) is 28.7 Å². The van der Waals surface area contributed by atoms with E-state index in [1.807, 2.05) is 48.5 Å². The van der Waals surface area contributed by atoms with Crippen LogP contribution >= 0.6 is 0 Å². The van der Waals surface area contributed by atoms with Crippen LogP contribution in [0.15, 0.2) is 0 Å². The Kier molecular flexibility index (Phi) is 14.4. The first-order valence-electron chi connectivity index (χ1n) is 19.9. The highest BCUT2D eigenvalue weighted by atomic mass is 16.5. The standard InChI is InChI=1S/C39H66N6O8/c1-9-14-26(29(46)34(49)40-24-19-20-24)41-33(48)28-25-18-13-17-23(25)21-45(28)36(51)31(39(5,6)7)43-32(47)27(22-15-11-10-12-16-22)42-35(50)30(38(2,3)4)44-37(52)53-8/h22-28,30-31,33,41,48H,9-21H2,1-8H3,(H,40,49)(H,42,50)(H,43,47)(H,44,52)/t23-,25-,26-,27-,28-,30-,31+,33?/m0/s1. The lowest BCUT2D eigenvalue weighted by molar-refractivity contribution is -0.145. The fourth-order valence-corrected chi connectivity index (χ4v) is 8.51. The van der Waals surface area contributed by atoms with E-state index in [4.69, 9.17) is 4.74 Å². The molecule has 6 N–H and O–H groups in total. The summed E-state index contributed by atoms with van der Waals surface area (Å²) in [6, 6.07) is -4.50. The van der Waals surface area contributed by atoms with Gasteiger partial charge in [0.05, 0.1) is 19.2 Å². The minimum absolute atomic E-state index is 0.0126. The minimum atomic E-state index is -1.27. The van der Waals surface area contributed by atoms with Crippen molar-refractivity contribution < 1.29 is 38.6 Å². The van der Waals surface area contributed by atoms with Gasteiger partial charge in [0, 0.05) is 12.6 Å². The Morgan fingerprint density at radius 1 is 0.792 bits per heavy atom. The Morgan fingerprint density at radius 3 is 2.00 bits per heavy atom. The first kappa shape index (κ1) is 42.5. The summed E-state index contributed by atoms with van der Waals surface area (Å²) in [7, 11) is 1.22. The predicted octanol–water partition coefficient (Wildman–Crippen LogP) is 2.90. The zero-order valence-electron chi connectivity index (χ0n) is 33.2. The summed E-state index contributed by atoms with van der Waals surface area (Å²) < 4.78 is 4.78. The number of hydrogen-bond acceptors (Lipinski definition) is 9. The lowest BCUT2D eigenvalue weighted by atomic mass is 9.81. The topological polar surface area (TPSA) is 195 Å². The summed E-state index contributed by atoms with van der Waals surface area (Å²) in [5, 5.41) is 26.2. The molecule has 53 heavy (non-hydrogen) atoms. The normalized spacial score (nSPS) is 24.9. The van der Waals surface area contributed by atoms with Gasteiger partial charge in [-0.3, -0.25) is 29.3 Å². The van der Waals surface area contributed by atoms with Crippen LogP contribution in [0.25, 0.3) is 0 Å². The van der Waals surface area contributed by atoms with Crippen molar-refractivity contribution >= 4 is 35.5 Å². The number of nitrogens with one attached hydrogen (secondary N) is 5. The third kappa shape index (κ3) is 10.9. The van der Waals surface area contributed by atoms with E-state index in [9.17, 15) is 33.9 Å². The molecule has 8 atom stereocenters. The number of Topliss-reactive ketones (excluding diaryl/α,β-unsaturated/α-hetero) is 1. The van der Waals surface area contributed by atoms with E-state index in [0.29, 0.717) is 19.4 Å². The number of carbonyl (C=O) groups is 6. The molecule has 14 nitrogen and oxygen atoms in total. The van der Waals surface area contributed by atoms with Crippen LogP contribution < -0.4 is 26.6 Å². The molecule has 0 spiro atoms. The number of likely N-dealkylation sites (tertiary alicyclic amines) is 1. The van der Waals surface area contributed by atoms with Gasteiger partial charge in [0.15, 0.2) is 0 Å². The van der Waals surface area contributed by atoms with Crippen molar-refractivity contribution in [2.75, 3.05) is 13.7 Å². The largest absolute Gasteiger partial charge is 0.453 e. The van der Waals surface area contributed by atoms with Gasteiger partial charge in [-0.15, -0.1) is 0 Å². The van der Waals surface area contributed by atoms with Gasteiger partial charge in [-0.25, -0.2) is 4.79 Å². The molecule has 4 rings (SSSR count). The lowest BCUT2D eigenvalue weighted by Gasteiger charge is -2.40. The molecule has 0 radical (unpaired) electrons. The number of hydrogen-bond donors (Lipinski definition) is 6. The number of rotatable bonds is 15. The van der Waals surface area contributed by atoms with E-state index in [1.54, 1.807) is 4.90 Å². The molecule has 14 heteroatoms. The lowest BCUT2D eigenvalue weighted by Crippen LogP contribution is -2.64. The van der Waals surface area contributed by atoms with Crippen LogP contribution in [-0.4, -0.2) is 102 Å². The fourth-order valence-electron chi connectivity index (χ4n) is 8.51. The van der Waals surface area contributed by atoms with Crippen LogP contribution in [0, 0.1) is 28.6 Å². The van der Waals surface area contributed by atoms with Gasteiger partial charge < -0.3 is 36.0 Å². The van der Waals surface area contributed by atoms with Crippen molar-refractivity contribution in [2.24, 2.45) is 28.6 Å². The average molecular weight is 747 g/mol. The first-order valence-corrected chi connectivity index (χ1v) is 19.9. The van der Waals surface area contributed by atoms with E-state index >= 15 is 0 Å². The van der Waals surface area contributed by atoms with Crippen LogP contribution in [0.2, 0.25) is 0 Å². The second-order valence-corrected chi connectivity index (χ2v) is 18.0. The molecule has 0 aromatic heterocycles. The first-order chi connectivity index (χ1) is 24.9. The van der Waals surface area contributed by atoms with Crippen molar-refractivity contribution in [1.82, 2.24) is 31.5 Å². The molecule has 0 bridgehead atoms. The molecule has 300 valence electrons. The number of methoxy groups -OCH3 is 1. The number of alkyl carbamates (subject to hydrolysis) is 1. The second-order valence-electron chi connectivity index (χ2n) is 18.0. The monoisotopic (exact) mass is 746 g/mol. The number of ether oxygens (including phenoxy) is 1. The van der Waals surface area contributed by atoms with Crippen LogP contribution in [0.4, 0.5) is 4.79 Å².